The summed E-state index contributed by atoms with van der Waals surface area (Å²) >= 11 is 0. The van der Waals surface area contributed by atoms with Crippen molar-refractivity contribution in [3.63, 3.8) is 0 Å². The molecule has 0 amide bonds. The molecule has 0 saturated carbocycles. The number of rotatable bonds is 4. The van der Waals surface area contributed by atoms with Crippen molar-refractivity contribution in [2.24, 2.45) is 16.6 Å². The fraction of sp³-hybridized carbons (Fsp3) is 0.500. The largest absolute Gasteiger partial charge is 0.466 e. The van der Waals surface area contributed by atoms with E-state index in [1.165, 1.54) is 12.1 Å². The van der Waals surface area contributed by atoms with E-state index < -0.39 is 4.92 Å². The van der Waals surface area contributed by atoms with Crippen LogP contribution in [0, 0.1) is 16.0 Å². The Morgan fingerprint density at radius 2 is 2.39 bits per heavy atom. The van der Waals surface area contributed by atoms with E-state index in [9.17, 15) is 14.9 Å². The molecular formula is C14H19N5O4. The maximum Gasteiger partial charge on any atom is 0.310 e. The molecule has 1 fully saturated rings. The lowest BCUT2D eigenvalue weighted by atomic mass is 9.98. The molecule has 2 N–H and O–H groups in total. The number of hydrogen-bond acceptors (Lipinski definition) is 6. The van der Waals surface area contributed by atoms with Crippen LogP contribution in [0.4, 0.5) is 11.5 Å². The normalized spacial score (nSPS) is 18.6. The van der Waals surface area contributed by atoms with Gasteiger partial charge in [0.05, 0.1) is 17.4 Å². The molecule has 0 aliphatic carbocycles. The summed E-state index contributed by atoms with van der Waals surface area (Å²) < 4.78 is 5.04. The van der Waals surface area contributed by atoms with Gasteiger partial charge in [0.2, 0.25) is 0 Å². The monoisotopic (exact) mass is 321 g/mol. The third kappa shape index (κ3) is 4.38. The molecule has 1 aromatic rings. The van der Waals surface area contributed by atoms with Crippen LogP contribution in [-0.4, -0.2) is 46.4 Å². The topological polar surface area (TPSA) is 124 Å². The van der Waals surface area contributed by atoms with E-state index in [1.807, 2.05) is 0 Å². The van der Waals surface area contributed by atoms with Crippen LogP contribution in [0.5, 0.6) is 0 Å². The number of aromatic nitrogens is 1. The second-order valence-electron chi connectivity index (χ2n) is 5.14. The summed E-state index contributed by atoms with van der Waals surface area (Å²) in [6.45, 7) is 3.26. The number of pyridine rings is 1. The molecule has 124 valence electrons. The van der Waals surface area contributed by atoms with Crippen LogP contribution >= 0.6 is 0 Å². The molecule has 23 heavy (non-hydrogen) atoms. The second-order valence-corrected chi connectivity index (χ2v) is 5.14. The van der Waals surface area contributed by atoms with E-state index in [1.54, 1.807) is 11.8 Å². The van der Waals surface area contributed by atoms with E-state index >= 15 is 0 Å². The van der Waals surface area contributed by atoms with Gasteiger partial charge in [-0.1, -0.05) is 0 Å². The van der Waals surface area contributed by atoms with Gasteiger partial charge in [0.1, 0.15) is 6.20 Å². The number of nitrogens with two attached hydrogens (primary N) is 1. The highest BCUT2D eigenvalue weighted by Gasteiger charge is 2.27. The molecule has 2 heterocycles. The fourth-order valence-electron chi connectivity index (χ4n) is 2.38. The molecular weight excluding hydrogens is 302 g/mol. The predicted molar refractivity (Wildman–Crippen MR) is 83.1 cm³/mol. The molecule has 1 unspecified atom stereocenters. The smallest absolute Gasteiger partial charge is 0.310 e. The summed E-state index contributed by atoms with van der Waals surface area (Å²) in [7, 11) is 0. The number of piperidine rings is 1. The number of likely N-dealkylation sites (tertiary alicyclic amines) is 1. The number of nitrogens with zero attached hydrogens (tertiary/aromatic N) is 4. The SMILES string of the molecule is CCOC(=O)C1CCCN(C(N)=Nc2ccc([N+](=O)[O-])cn2)C1. The fourth-order valence-corrected chi connectivity index (χ4v) is 2.38. The van der Waals surface area contributed by atoms with Crippen LogP contribution in [0.2, 0.25) is 0 Å². The van der Waals surface area contributed by atoms with Crippen molar-refractivity contribution in [2.75, 3.05) is 19.7 Å². The van der Waals surface area contributed by atoms with E-state index in [-0.39, 0.29) is 29.4 Å². The number of carbonyl (C=O) groups excluding carboxylic acids is 1. The van der Waals surface area contributed by atoms with E-state index in [0.717, 1.165) is 19.0 Å². The zero-order valence-electron chi connectivity index (χ0n) is 12.8. The minimum absolute atomic E-state index is 0.108. The van der Waals surface area contributed by atoms with Gasteiger partial charge in [0, 0.05) is 19.2 Å². The number of carbonyl (C=O) groups is 1. The molecule has 0 radical (unpaired) electrons. The van der Waals surface area contributed by atoms with Crippen LogP contribution < -0.4 is 5.73 Å². The summed E-state index contributed by atoms with van der Waals surface area (Å²) in [5.41, 5.74) is 5.86. The Morgan fingerprint density at radius 3 is 3.00 bits per heavy atom. The number of guanidine groups is 1. The zero-order valence-corrected chi connectivity index (χ0v) is 12.8. The van der Waals surface area contributed by atoms with Gasteiger partial charge in [-0.2, -0.15) is 4.99 Å². The number of hydrogen-bond donors (Lipinski definition) is 1. The molecule has 1 aromatic heterocycles. The summed E-state index contributed by atoms with van der Waals surface area (Å²) in [6.07, 6.45) is 2.70. The van der Waals surface area contributed by atoms with Crippen molar-refractivity contribution >= 4 is 23.4 Å². The molecule has 0 aromatic carbocycles. The average Bonchev–Trinajstić information content (AvgIpc) is 2.55. The van der Waals surface area contributed by atoms with Gasteiger partial charge >= 0.3 is 5.97 Å². The van der Waals surface area contributed by atoms with Crippen LogP contribution in [0.3, 0.4) is 0 Å². The highest BCUT2D eigenvalue weighted by atomic mass is 16.6. The first-order valence-electron chi connectivity index (χ1n) is 7.37. The van der Waals surface area contributed by atoms with E-state index in [4.69, 9.17) is 10.5 Å². The lowest BCUT2D eigenvalue weighted by Crippen LogP contribution is -2.46. The molecule has 1 saturated heterocycles. The van der Waals surface area contributed by atoms with Gasteiger partial charge in [0.15, 0.2) is 11.8 Å². The Bertz CT molecular complexity index is 602. The van der Waals surface area contributed by atoms with Crippen molar-refractivity contribution < 1.29 is 14.5 Å². The number of aliphatic imine (C=N–C) groups is 1. The predicted octanol–water partition coefficient (Wildman–Crippen LogP) is 1.21. The highest BCUT2D eigenvalue weighted by molar-refractivity contribution is 5.82. The Labute approximate surface area is 133 Å². The first-order valence-corrected chi connectivity index (χ1v) is 7.37. The van der Waals surface area contributed by atoms with Crippen molar-refractivity contribution in [1.82, 2.24) is 9.88 Å². The van der Waals surface area contributed by atoms with E-state index in [0.29, 0.717) is 19.7 Å². The molecule has 9 heteroatoms. The summed E-state index contributed by atoms with van der Waals surface area (Å²) in [6, 6.07) is 2.74. The molecule has 0 spiro atoms. The summed E-state index contributed by atoms with van der Waals surface area (Å²) in [4.78, 5) is 31.7. The Hall–Kier alpha value is -2.71. The summed E-state index contributed by atoms with van der Waals surface area (Å²) in [5.74, 6) is 0.0763. The maximum atomic E-state index is 11.8. The van der Waals surface area contributed by atoms with Crippen LogP contribution in [0.25, 0.3) is 0 Å². The van der Waals surface area contributed by atoms with Gasteiger partial charge in [-0.3, -0.25) is 14.9 Å². The Balaban J connectivity index is 2.04. The maximum absolute atomic E-state index is 11.8. The van der Waals surface area contributed by atoms with Gasteiger partial charge < -0.3 is 15.4 Å². The first kappa shape index (κ1) is 16.7. The lowest BCUT2D eigenvalue weighted by Gasteiger charge is -2.32. The van der Waals surface area contributed by atoms with Crippen LogP contribution in [0.1, 0.15) is 19.8 Å². The first-order chi connectivity index (χ1) is 11.0. The quantitative estimate of drug-likeness (QED) is 0.290. The Kier molecular flexibility index (Phi) is 5.45. The van der Waals surface area contributed by atoms with Gasteiger partial charge in [-0.25, -0.2) is 4.98 Å². The highest BCUT2D eigenvalue weighted by Crippen LogP contribution is 2.19. The number of ether oxygens (including phenoxy) is 1. The molecule has 1 aliphatic heterocycles. The van der Waals surface area contributed by atoms with E-state index in [2.05, 4.69) is 9.98 Å². The van der Waals surface area contributed by atoms with Gasteiger partial charge in [0.25, 0.3) is 5.69 Å². The van der Waals surface area contributed by atoms with Crippen LogP contribution in [0.15, 0.2) is 23.3 Å². The van der Waals surface area contributed by atoms with Crippen LogP contribution in [-0.2, 0) is 9.53 Å². The number of nitro groups is 1. The zero-order chi connectivity index (χ0) is 16.8. The number of esters is 1. The summed E-state index contributed by atoms with van der Waals surface area (Å²) in [5, 5.41) is 10.6. The third-order valence-corrected chi connectivity index (χ3v) is 3.54. The second kappa shape index (κ2) is 7.52. The molecule has 0 bridgehead atoms. The van der Waals surface area contributed by atoms with Gasteiger partial charge in [-0.15, -0.1) is 0 Å². The van der Waals surface area contributed by atoms with Crippen molar-refractivity contribution in [2.45, 2.75) is 19.8 Å². The molecule has 2 rings (SSSR count). The molecule has 9 nitrogen and oxygen atoms in total. The standard InChI is InChI=1S/C14H19N5O4/c1-2-23-13(20)10-4-3-7-18(9-10)14(15)17-12-6-5-11(8-16-12)19(21)22/h5-6,8,10H,2-4,7,9H2,1H3,(H2,15,16,17). The molecule has 1 aliphatic rings. The third-order valence-electron chi connectivity index (χ3n) is 3.54. The average molecular weight is 321 g/mol. The minimum atomic E-state index is -0.529. The lowest BCUT2D eigenvalue weighted by molar-refractivity contribution is -0.385. The molecule has 1 atom stereocenters. The van der Waals surface area contributed by atoms with Crippen molar-refractivity contribution in [3.05, 3.63) is 28.4 Å². The Morgan fingerprint density at radius 1 is 1.61 bits per heavy atom. The minimum Gasteiger partial charge on any atom is -0.466 e. The van der Waals surface area contributed by atoms with Crippen molar-refractivity contribution in [1.29, 1.82) is 0 Å². The van der Waals surface area contributed by atoms with Crippen molar-refractivity contribution in [3.8, 4) is 0 Å². The van der Waals surface area contributed by atoms with Gasteiger partial charge in [-0.05, 0) is 25.8 Å².